The molecule has 0 saturated heterocycles. The fourth-order valence-corrected chi connectivity index (χ4v) is 2.12. The third-order valence-corrected chi connectivity index (χ3v) is 3.02. The highest BCUT2D eigenvalue weighted by Gasteiger charge is 2.19. The van der Waals surface area contributed by atoms with Crippen molar-refractivity contribution < 1.29 is 14.4 Å². The number of nitrogens with zero attached hydrogens (tertiary/aromatic N) is 1. The van der Waals surface area contributed by atoms with Crippen LogP contribution in [0.1, 0.15) is 40.3 Å². The zero-order chi connectivity index (χ0) is 14.0. The Bertz CT molecular complexity index is 585. The predicted octanol–water partition coefficient (Wildman–Crippen LogP) is 2.49. The molecular formula is C14H16N2O3. The number of para-hydroxylation sites is 1. The summed E-state index contributed by atoms with van der Waals surface area (Å²) in [6.45, 7) is 5.48. The summed E-state index contributed by atoms with van der Waals surface area (Å²) in [4.78, 5) is 12.1. The van der Waals surface area contributed by atoms with Crippen molar-refractivity contribution in [2.75, 3.05) is 0 Å². The molecule has 5 heteroatoms. The van der Waals surface area contributed by atoms with Gasteiger partial charge in [0.1, 0.15) is 11.5 Å². The quantitative estimate of drug-likeness (QED) is 0.889. The van der Waals surface area contributed by atoms with Crippen molar-refractivity contribution in [3.63, 3.8) is 0 Å². The Morgan fingerprint density at radius 1 is 1.37 bits per heavy atom. The smallest absolute Gasteiger partial charge is 0.255 e. The molecule has 0 radical (unpaired) electrons. The van der Waals surface area contributed by atoms with Crippen molar-refractivity contribution in [3.05, 3.63) is 46.8 Å². The molecule has 1 heterocycles. The lowest BCUT2D eigenvalue weighted by atomic mass is 10.1. The van der Waals surface area contributed by atoms with E-state index >= 15 is 0 Å². The van der Waals surface area contributed by atoms with Crippen LogP contribution in [0.2, 0.25) is 0 Å². The molecule has 0 aliphatic heterocycles. The Balaban J connectivity index is 2.18. The predicted molar refractivity (Wildman–Crippen MR) is 70.0 cm³/mol. The number of benzene rings is 1. The number of phenolic OH excluding ortho intramolecular Hbond substituents is 1. The number of carbonyl (C=O) groups is 1. The van der Waals surface area contributed by atoms with Gasteiger partial charge < -0.3 is 14.9 Å². The summed E-state index contributed by atoms with van der Waals surface area (Å²) >= 11 is 0. The third-order valence-electron chi connectivity index (χ3n) is 3.02. The Morgan fingerprint density at radius 2 is 2.05 bits per heavy atom. The lowest BCUT2D eigenvalue weighted by Gasteiger charge is -2.14. The molecular weight excluding hydrogens is 244 g/mol. The standard InChI is InChI=1S/C14H16N2O3/c1-8(13-9(2)16-19-10(13)3)15-14(18)11-6-4-5-7-12(11)17/h4-8,17H,1-3H3,(H,15,18). The Morgan fingerprint density at radius 3 is 2.63 bits per heavy atom. The topological polar surface area (TPSA) is 75.4 Å². The van der Waals surface area contributed by atoms with Gasteiger partial charge in [0.2, 0.25) is 0 Å². The highest BCUT2D eigenvalue weighted by molar-refractivity contribution is 5.97. The first-order chi connectivity index (χ1) is 9.00. The molecule has 2 rings (SSSR count). The maximum atomic E-state index is 12.1. The largest absolute Gasteiger partial charge is 0.507 e. The van der Waals surface area contributed by atoms with Gasteiger partial charge in [-0.25, -0.2) is 0 Å². The van der Waals surface area contributed by atoms with E-state index in [1.165, 1.54) is 6.07 Å². The molecule has 0 saturated carbocycles. The van der Waals surface area contributed by atoms with E-state index in [1.807, 2.05) is 13.8 Å². The van der Waals surface area contributed by atoms with Gasteiger partial charge in [0.15, 0.2) is 0 Å². The lowest BCUT2D eigenvalue weighted by Crippen LogP contribution is -2.27. The first kappa shape index (κ1) is 13.1. The number of aromatic hydroxyl groups is 1. The van der Waals surface area contributed by atoms with Gasteiger partial charge in [0, 0.05) is 5.56 Å². The van der Waals surface area contributed by atoms with E-state index in [0.717, 1.165) is 11.3 Å². The van der Waals surface area contributed by atoms with Crippen LogP contribution in [0.25, 0.3) is 0 Å². The molecule has 1 amide bonds. The van der Waals surface area contributed by atoms with E-state index in [2.05, 4.69) is 10.5 Å². The summed E-state index contributed by atoms with van der Waals surface area (Å²) in [7, 11) is 0. The average Bonchev–Trinajstić information content (AvgIpc) is 2.69. The molecule has 100 valence electrons. The van der Waals surface area contributed by atoms with Gasteiger partial charge >= 0.3 is 0 Å². The second-order valence-corrected chi connectivity index (χ2v) is 4.45. The Labute approximate surface area is 111 Å². The number of phenols is 1. The monoisotopic (exact) mass is 260 g/mol. The van der Waals surface area contributed by atoms with E-state index in [1.54, 1.807) is 25.1 Å². The van der Waals surface area contributed by atoms with Crippen molar-refractivity contribution >= 4 is 5.91 Å². The van der Waals surface area contributed by atoms with Crippen LogP contribution in [0, 0.1) is 13.8 Å². The number of hydrogen-bond acceptors (Lipinski definition) is 4. The van der Waals surface area contributed by atoms with Crippen LogP contribution < -0.4 is 5.32 Å². The highest BCUT2D eigenvalue weighted by Crippen LogP contribution is 2.22. The molecule has 2 N–H and O–H groups in total. The fourth-order valence-electron chi connectivity index (χ4n) is 2.12. The molecule has 5 nitrogen and oxygen atoms in total. The van der Waals surface area contributed by atoms with E-state index in [-0.39, 0.29) is 23.3 Å². The number of rotatable bonds is 3. The van der Waals surface area contributed by atoms with E-state index in [0.29, 0.717) is 5.76 Å². The third kappa shape index (κ3) is 2.59. The van der Waals surface area contributed by atoms with Crippen molar-refractivity contribution in [1.82, 2.24) is 10.5 Å². The van der Waals surface area contributed by atoms with E-state index < -0.39 is 0 Å². The van der Waals surface area contributed by atoms with Crippen LogP contribution in [0.15, 0.2) is 28.8 Å². The van der Waals surface area contributed by atoms with Crippen LogP contribution in [-0.2, 0) is 0 Å². The van der Waals surface area contributed by atoms with Crippen LogP contribution in [-0.4, -0.2) is 16.2 Å². The van der Waals surface area contributed by atoms with Crippen molar-refractivity contribution in [2.24, 2.45) is 0 Å². The summed E-state index contributed by atoms with van der Waals surface area (Å²) in [5, 5.41) is 16.3. The summed E-state index contributed by atoms with van der Waals surface area (Å²) in [6.07, 6.45) is 0. The first-order valence-corrected chi connectivity index (χ1v) is 6.02. The Hall–Kier alpha value is -2.30. The van der Waals surface area contributed by atoms with Gasteiger partial charge in [0.05, 0.1) is 17.3 Å². The minimum atomic E-state index is -0.328. The number of nitrogens with one attached hydrogen (secondary N) is 1. The fraction of sp³-hybridized carbons (Fsp3) is 0.286. The molecule has 0 aliphatic rings. The van der Waals surface area contributed by atoms with Crippen molar-refractivity contribution in [1.29, 1.82) is 0 Å². The number of amides is 1. The number of aryl methyl sites for hydroxylation is 2. The number of aromatic nitrogens is 1. The van der Waals surface area contributed by atoms with Gasteiger partial charge in [-0.3, -0.25) is 4.79 Å². The molecule has 0 fully saturated rings. The molecule has 0 spiro atoms. The minimum absolute atomic E-state index is 0.0361. The number of carbonyl (C=O) groups excluding carboxylic acids is 1. The normalized spacial score (nSPS) is 12.2. The van der Waals surface area contributed by atoms with Crippen molar-refractivity contribution in [2.45, 2.75) is 26.8 Å². The zero-order valence-corrected chi connectivity index (χ0v) is 11.1. The summed E-state index contributed by atoms with van der Waals surface area (Å²) in [6, 6.07) is 6.19. The lowest BCUT2D eigenvalue weighted by molar-refractivity contribution is 0.0937. The van der Waals surface area contributed by atoms with Crippen LogP contribution in [0.5, 0.6) is 5.75 Å². The minimum Gasteiger partial charge on any atom is -0.507 e. The molecule has 19 heavy (non-hydrogen) atoms. The first-order valence-electron chi connectivity index (χ1n) is 6.02. The number of hydrogen-bond donors (Lipinski definition) is 2. The molecule has 0 bridgehead atoms. The maximum absolute atomic E-state index is 12.1. The average molecular weight is 260 g/mol. The van der Waals surface area contributed by atoms with Crippen LogP contribution >= 0.6 is 0 Å². The second kappa shape index (κ2) is 5.14. The molecule has 1 unspecified atom stereocenters. The molecule has 0 aliphatic carbocycles. The van der Waals surface area contributed by atoms with Crippen molar-refractivity contribution in [3.8, 4) is 5.75 Å². The maximum Gasteiger partial charge on any atom is 0.255 e. The van der Waals surface area contributed by atoms with Gasteiger partial charge in [-0.2, -0.15) is 0 Å². The van der Waals surface area contributed by atoms with Crippen LogP contribution in [0.3, 0.4) is 0 Å². The van der Waals surface area contributed by atoms with Gasteiger partial charge in [0.25, 0.3) is 5.91 Å². The molecule has 1 atom stereocenters. The molecule has 2 aromatic rings. The second-order valence-electron chi connectivity index (χ2n) is 4.45. The zero-order valence-electron chi connectivity index (χ0n) is 11.1. The molecule has 1 aromatic heterocycles. The highest BCUT2D eigenvalue weighted by atomic mass is 16.5. The summed E-state index contributed by atoms with van der Waals surface area (Å²) in [5.74, 6) is 0.319. The Kier molecular flexibility index (Phi) is 3.55. The molecule has 1 aromatic carbocycles. The van der Waals surface area contributed by atoms with E-state index in [9.17, 15) is 9.90 Å². The SMILES string of the molecule is Cc1noc(C)c1C(C)NC(=O)c1ccccc1O. The van der Waals surface area contributed by atoms with E-state index in [4.69, 9.17) is 4.52 Å². The van der Waals surface area contributed by atoms with Gasteiger partial charge in [-0.15, -0.1) is 0 Å². The summed E-state index contributed by atoms with van der Waals surface area (Å²) in [5.41, 5.74) is 1.87. The van der Waals surface area contributed by atoms with Gasteiger partial charge in [-0.05, 0) is 32.9 Å². The van der Waals surface area contributed by atoms with Gasteiger partial charge in [-0.1, -0.05) is 17.3 Å². The van der Waals surface area contributed by atoms with Crippen LogP contribution in [0.4, 0.5) is 0 Å². The summed E-state index contributed by atoms with van der Waals surface area (Å²) < 4.78 is 5.08.